The van der Waals surface area contributed by atoms with Crippen LogP contribution in [0.4, 0.5) is 0 Å². The number of hydrogen-bond acceptors (Lipinski definition) is 10. The molecule has 0 radical (unpaired) electrons. The molecule has 10 nitrogen and oxygen atoms in total. The number of benzene rings is 2. The summed E-state index contributed by atoms with van der Waals surface area (Å²) in [5.41, 5.74) is -3.54. The second-order valence-corrected chi connectivity index (χ2v) is 15.6. The topological polar surface area (TPSA) is 168 Å². The van der Waals surface area contributed by atoms with Crippen LogP contribution in [0.2, 0.25) is 0 Å². The van der Waals surface area contributed by atoms with Crippen LogP contribution in [0.1, 0.15) is 89.7 Å². The summed E-state index contributed by atoms with van der Waals surface area (Å²) in [6.45, 7) is 14.1. The zero-order valence-electron chi connectivity index (χ0n) is 31.0. The number of carbonyl (C=O) groups excluding carboxylic acids is 4. The highest BCUT2D eigenvalue weighted by atomic mass is 16.5. The molecule has 5 rings (SSSR count). The molecule has 51 heavy (non-hydrogen) atoms. The van der Waals surface area contributed by atoms with Crippen molar-refractivity contribution in [3.63, 3.8) is 0 Å². The number of phenolic OH excluding ortho intramolecular Hbond substituents is 1. The first-order chi connectivity index (χ1) is 23.8. The zero-order valence-corrected chi connectivity index (χ0v) is 31.0. The molecule has 0 saturated carbocycles. The van der Waals surface area contributed by atoms with Gasteiger partial charge in [0.25, 0.3) is 0 Å². The normalized spacial score (nSPS) is 26.5. The van der Waals surface area contributed by atoms with Crippen molar-refractivity contribution >= 4 is 23.3 Å². The van der Waals surface area contributed by atoms with Crippen LogP contribution in [0.25, 0.3) is 11.1 Å². The fourth-order valence-corrected chi connectivity index (χ4v) is 9.40. The lowest BCUT2D eigenvalue weighted by molar-refractivity contribution is -0.171. The number of ketones is 3. The number of allylic oxidation sites excluding steroid dienone is 2. The van der Waals surface area contributed by atoms with Crippen LogP contribution in [-0.4, -0.2) is 63.1 Å². The Balaban J connectivity index is 1.68. The number of fused-ring (bicyclic) bond motifs is 3. The number of Topliss-reactive ketones (excluding diaryl/α,β-unsaturated/α-hetero) is 3. The van der Waals surface area contributed by atoms with E-state index in [1.165, 1.54) is 13.2 Å². The lowest BCUT2D eigenvalue weighted by atomic mass is 9.44. The van der Waals surface area contributed by atoms with Crippen LogP contribution in [-0.2, 0) is 32.0 Å². The first-order valence-electron chi connectivity index (χ1n) is 17.7. The average Bonchev–Trinajstić information content (AvgIpc) is 3.02. The van der Waals surface area contributed by atoms with Crippen molar-refractivity contribution in [3.05, 3.63) is 69.7 Å². The summed E-state index contributed by atoms with van der Waals surface area (Å²) in [6.07, 6.45) is 1.24. The van der Waals surface area contributed by atoms with E-state index in [-0.39, 0.29) is 53.5 Å². The average molecular weight is 703 g/mol. The Hall–Kier alpha value is -4.44. The van der Waals surface area contributed by atoms with Gasteiger partial charge in [-0.3, -0.25) is 19.2 Å². The first kappa shape index (κ1) is 37.8. The van der Waals surface area contributed by atoms with Crippen molar-refractivity contribution in [1.29, 1.82) is 0 Å². The predicted molar refractivity (Wildman–Crippen MR) is 191 cm³/mol. The number of ether oxygens (including phenoxy) is 2. The summed E-state index contributed by atoms with van der Waals surface area (Å²) in [4.78, 5) is 53.9. The van der Waals surface area contributed by atoms with Crippen molar-refractivity contribution in [2.45, 2.75) is 86.7 Å². The van der Waals surface area contributed by atoms with Crippen molar-refractivity contribution < 1.29 is 49.1 Å². The largest absolute Gasteiger partial charge is 0.511 e. The fourth-order valence-electron chi connectivity index (χ4n) is 9.40. The van der Waals surface area contributed by atoms with E-state index < -0.39 is 56.8 Å². The molecule has 4 N–H and O–H groups in total. The Morgan fingerprint density at radius 1 is 1.00 bits per heavy atom. The quantitative estimate of drug-likeness (QED) is 0.153. The molecule has 0 heterocycles. The summed E-state index contributed by atoms with van der Waals surface area (Å²) >= 11 is 0. The number of aliphatic hydroxyl groups is 3. The second kappa shape index (κ2) is 13.3. The number of phenols is 1. The van der Waals surface area contributed by atoms with E-state index in [0.29, 0.717) is 41.9 Å². The third kappa shape index (κ3) is 5.66. The molecule has 0 fully saturated rings. The molecular formula is C41H50O10. The van der Waals surface area contributed by atoms with Crippen LogP contribution in [0.3, 0.4) is 0 Å². The molecule has 0 amide bonds. The Morgan fingerprint density at radius 2 is 1.67 bits per heavy atom. The number of carbonyl (C=O) groups is 4. The molecular weight excluding hydrogens is 652 g/mol. The molecule has 0 spiro atoms. The van der Waals surface area contributed by atoms with Gasteiger partial charge in [0.05, 0.1) is 25.2 Å². The van der Waals surface area contributed by atoms with E-state index >= 15 is 0 Å². The summed E-state index contributed by atoms with van der Waals surface area (Å²) in [6, 6.07) is 8.81. The smallest absolute Gasteiger partial charge is 0.309 e. The van der Waals surface area contributed by atoms with E-state index in [0.717, 1.165) is 12.5 Å². The van der Waals surface area contributed by atoms with E-state index in [1.54, 1.807) is 40.7 Å². The van der Waals surface area contributed by atoms with Crippen molar-refractivity contribution in [3.8, 4) is 22.6 Å². The molecule has 3 aliphatic rings. The number of aryl methyl sites for hydroxylation is 1. The van der Waals surface area contributed by atoms with Crippen LogP contribution in [0, 0.1) is 34.5 Å². The maximum Gasteiger partial charge on any atom is 0.309 e. The molecule has 0 aromatic heterocycles. The molecule has 0 saturated heterocycles. The number of rotatable bonds is 10. The third-order valence-electron chi connectivity index (χ3n) is 11.6. The highest BCUT2D eigenvalue weighted by molar-refractivity contribution is 6.25. The highest BCUT2D eigenvalue weighted by Crippen LogP contribution is 2.65. The molecule has 2 aromatic rings. The molecule has 2 aromatic carbocycles. The monoisotopic (exact) mass is 702 g/mol. The SMILES string of the molecule is CCOC(=O)C(CCc1ccc(OC)c(-c2ccc(O)c3c2C[C@]2(C)C[C@]4(C)C(C(C)C)C(O)=C(C(C)=O)C(=O)[C@]4(O)C(O)=C2C3=O)c1)C(C)C. The minimum atomic E-state index is -2.68. The van der Waals surface area contributed by atoms with Crippen LogP contribution < -0.4 is 4.74 Å². The summed E-state index contributed by atoms with van der Waals surface area (Å²) in [5.74, 6) is -5.50. The highest BCUT2D eigenvalue weighted by Gasteiger charge is 2.71. The Kier molecular flexibility index (Phi) is 9.84. The lowest BCUT2D eigenvalue weighted by Crippen LogP contribution is -2.67. The van der Waals surface area contributed by atoms with Gasteiger partial charge >= 0.3 is 5.97 Å². The minimum absolute atomic E-state index is 0.0123. The Bertz CT molecular complexity index is 1880. The fraction of sp³-hybridized carbons (Fsp3) is 0.512. The standard InChI is InChI=1S/C41H50O10/c1-10-51-38(48)24(20(2)3)13-11-23-12-16-29(50-9)26(17-23)25-14-15-28(43)31-27(25)18-39(7)19-40(8)32(21(4)5)34(44)30(22(6)42)36(46)41(40,49)37(47)33(39)35(31)45/h12,14-17,20-21,24,32,43-44,47,49H,10-11,13,18-19H2,1-9H3/t24?,32?,39-,40-,41+/m1/s1. The minimum Gasteiger partial charge on any atom is -0.511 e. The van der Waals surface area contributed by atoms with Gasteiger partial charge in [-0.05, 0) is 86.3 Å². The third-order valence-corrected chi connectivity index (χ3v) is 11.6. The van der Waals surface area contributed by atoms with Gasteiger partial charge in [-0.1, -0.05) is 53.7 Å². The van der Waals surface area contributed by atoms with Gasteiger partial charge in [-0.2, -0.15) is 0 Å². The van der Waals surface area contributed by atoms with E-state index in [4.69, 9.17) is 9.47 Å². The summed E-state index contributed by atoms with van der Waals surface area (Å²) < 4.78 is 11.1. The molecule has 2 unspecified atom stereocenters. The zero-order chi connectivity index (χ0) is 38.0. The predicted octanol–water partition coefficient (Wildman–Crippen LogP) is 6.79. The Labute approximate surface area is 299 Å². The Morgan fingerprint density at radius 3 is 2.24 bits per heavy atom. The van der Waals surface area contributed by atoms with Crippen LogP contribution in [0.5, 0.6) is 11.5 Å². The van der Waals surface area contributed by atoms with Crippen molar-refractivity contribution in [2.75, 3.05) is 13.7 Å². The van der Waals surface area contributed by atoms with Gasteiger partial charge in [0.2, 0.25) is 5.78 Å². The van der Waals surface area contributed by atoms with Gasteiger partial charge in [-0.25, -0.2) is 0 Å². The van der Waals surface area contributed by atoms with Crippen LogP contribution in [0.15, 0.2) is 53.0 Å². The number of aliphatic hydroxyl groups excluding tert-OH is 2. The second-order valence-electron chi connectivity index (χ2n) is 15.6. The summed E-state index contributed by atoms with van der Waals surface area (Å²) in [7, 11) is 1.54. The first-order valence-corrected chi connectivity index (χ1v) is 17.7. The number of methoxy groups -OCH3 is 1. The number of hydrogen-bond donors (Lipinski definition) is 4. The molecule has 3 aliphatic carbocycles. The molecule has 274 valence electrons. The summed E-state index contributed by atoms with van der Waals surface area (Å²) in [5, 5.41) is 46.9. The molecule has 0 bridgehead atoms. The van der Waals surface area contributed by atoms with Gasteiger partial charge in [0.15, 0.2) is 17.2 Å². The lowest BCUT2D eigenvalue weighted by Gasteiger charge is -2.59. The maximum atomic E-state index is 14.6. The van der Waals surface area contributed by atoms with Gasteiger partial charge in [0, 0.05) is 27.9 Å². The van der Waals surface area contributed by atoms with Gasteiger partial charge < -0.3 is 29.9 Å². The molecule has 10 heteroatoms. The number of aromatic hydroxyl groups is 1. The van der Waals surface area contributed by atoms with Gasteiger partial charge in [0.1, 0.15) is 28.6 Å². The van der Waals surface area contributed by atoms with Crippen molar-refractivity contribution in [2.24, 2.45) is 34.5 Å². The van der Waals surface area contributed by atoms with E-state index in [2.05, 4.69) is 0 Å². The molecule has 5 atom stereocenters. The van der Waals surface area contributed by atoms with Crippen molar-refractivity contribution in [1.82, 2.24) is 0 Å². The maximum absolute atomic E-state index is 14.6. The van der Waals surface area contributed by atoms with E-state index in [1.807, 2.05) is 32.0 Å². The number of esters is 1. The van der Waals surface area contributed by atoms with Crippen LogP contribution >= 0.6 is 0 Å². The van der Waals surface area contributed by atoms with Gasteiger partial charge in [-0.15, -0.1) is 0 Å². The van der Waals surface area contributed by atoms with E-state index in [9.17, 15) is 39.6 Å². The molecule has 0 aliphatic heterocycles.